The number of alkyl halides is 3. The third-order valence-electron chi connectivity index (χ3n) is 5.02. The molecule has 26 heavy (non-hydrogen) atoms. The summed E-state index contributed by atoms with van der Waals surface area (Å²) in [6, 6.07) is -0.523. The first-order chi connectivity index (χ1) is 11.3. The second kappa shape index (κ2) is 11.5. The van der Waals surface area contributed by atoms with Crippen molar-refractivity contribution >= 4 is 30.7 Å². The lowest BCUT2D eigenvalue weighted by Crippen LogP contribution is -2.48. The van der Waals surface area contributed by atoms with Gasteiger partial charge in [0, 0.05) is 32.8 Å². The summed E-state index contributed by atoms with van der Waals surface area (Å²) in [5.41, 5.74) is 6.12. The fourth-order valence-corrected chi connectivity index (χ4v) is 3.59. The average molecular weight is 424 g/mol. The molecule has 0 aromatic carbocycles. The molecule has 2 saturated heterocycles. The SMILES string of the molecule is CCN(CC1CCN(C(=O)C(N)C2CCOCC2)C1)CC(F)(F)F.Cl.Cl. The lowest BCUT2D eigenvalue weighted by molar-refractivity contribution is -0.147. The number of amides is 1. The van der Waals surface area contributed by atoms with Crippen LogP contribution in [0.3, 0.4) is 0 Å². The molecule has 2 N–H and O–H groups in total. The van der Waals surface area contributed by atoms with Crippen molar-refractivity contribution in [3.05, 3.63) is 0 Å². The van der Waals surface area contributed by atoms with Crippen LogP contribution in [-0.2, 0) is 9.53 Å². The molecule has 2 heterocycles. The number of nitrogens with zero attached hydrogens (tertiary/aromatic N) is 2. The predicted molar refractivity (Wildman–Crippen MR) is 98.9 cm³/mol. The van der Waals surface area contributed by atoms with E-state index in [0.29, 0.717) is 39.4 Å². The molecule has 2 aliphatic rings. The van der Waals surface area contributed by atoms with Crippen LogP contribution in [0.25, 0.3) is 0 Å². The Morgan fingerprint density at radius 1 is 1.27 bits per heavy atom. The molecule has 1 amide bonds. The molecular weight excluding hydrogens is 394 g/mol. The van der Waals surface area contributed by atoms with E-state index >= 15 is 0 Å². The molecule has 2 fully saturated rings. The number of halogens is 5. The summed E-state index contributed by atoms with van der Waals surface area (Å²) in [5.74, 6) is 0.157. The third-order valence-corrected chi connectivity index (χ3v) is 5.02. The molecule has 0 bridgehead atoms. The quantitative estimate of drug-likeness (QED) is 0.711. The van der Waals surface area contributed by atoms with E-state index in [1.54, 1.807) is 11.8 Å². The topological polar surface area (TPSA) is 58.8 Å². The van der Waals surface area contributed by atoms with Gasteiger partial charge in [-0.25, -0.2) is 0 Å². The van der Waals surface area contributed by atoms with Gasteiger partial charge in [-0.1, -0.05) is 6.92 Å². The predicted octanol–water partition coefficient (Wildman–Crippen LogP) is 2.32. The summed E-state index contributed by atoms with van der Waals surface area (Å²) in [4.78, 5) is 15.7. The van der Waals surface area contributed by atoms with Crippen molar-refractivity contribution in [3.63, 3.8) is 0 Å². The van der Waals surface area contributed by atoms with Crippen molar-refractivity contribution in [2.45, 2.75) is 38.4 Å². The van der Waals surface area contributed by atoms with Gasteiger partial charge >= 0.3 is 6.18 Å². The zero-order chi connectivity index (χ0) is 17.7. The minimum atomic E-state index is -4.18. The summed E-state index contributed by atoms with van der Waals surface area (Å²) < 4.78 is 42.9. The minimum Gasteiger partial charge on any atom is -0.381 e. The molecule has 0 aromatic rings. The van der Waals surface area contributed by atoms with Crippen LogP contribution in [0.2, 0.25) is 0 Å². The summed E-state index contributed by atoms with van der Waals surface area (Å²) in [5, 5.41) is 0. The van der Waals surface area contributed by atoms with Gasteiger partial charge in [0.15, 0.2) is 0 Å². The largest absolute Gasteiger partial charge is 0.401 e. The molecule has 5 nitrogen and oxygen atoms in total. The van der Waals surface area contributed by atoms with E-state index in [2.05, 4.69) is 0 Å². The number of rotatable bonds is 6. The highest BCUT2D eigenvalue weighted by molar-refractivity contribution is 5.85. The van der Waals surface area contributed by atoms with Gasteiger partial charge in [-0.15, -0.1) is 24.8 Å². The molecule has 0 spiro atoms. The zero-order valence-corrected chi connectivity index (χ0v) is 16.7. The second-order valence-corrected chi connectivity index (χ2v) is 6.86. The summed E-state index contributed by atoms with van der Waals surface area (Å²) in [7, 11) is 0. The Hall–Kier alpha value is -0.280. The normalized spacial score (nSPS) is 22.7. The molecule has 156 valence electrons. The highest BCUT2D eigenvalue weighted by atomic mass is 35.5. The van der Waals surface area contributed by atoms with Crippen LogP contribution in [0.15, 0.2) is 0 Å². The van der Waals surface area contributed by atoms with Crippen LogP contribution >= 0.6 is 24.8 Å². The molecule has 2 rings (SSSR count). The van der Waals surface area contributed by atoms with Crippen molar-refractivity contribution in [2.24, 2.45) is 17.6 Å². The van der Waals surface area contributed by atoms with Crippen molar-refractivity contribution in [1.82, 2.24) is 9.80 Å². The van der Waals surface area contributed by atoms with E-state index < -0.39 is 18.8 Å². The van der Waals surface area contributed by atoms with Crippen molar-refractivity contribution in [1.29, 1.82) is 0 Å². The van der Waals surface area contributed by atoms with Crippen LogP contribution in [0, 0.1) is 11.8 Å². The highest BCUT2D eigenvalue weighted by Crippen LogP contribution is 2.24. The molecular formula is C16H30Cl2F3N3O2. The molecule has 10 heteroatoms. The summed E-state index contributed by atoms with van der Waals surface area (Å²) in [6.07, 6.45) is -1.87. The van der Waals surface area contributed by atoms with E-state index in [9.17, 15) is 18.0 Å². The Morgan fingerprint density at radius 2 is 1.88 bits per heavy atom. The van der Waals surface area contributed by atoms with Gasteiger partial charge in [-0.05, 0) is 37.6 Å². The maximum absolute atomic E-state index is 12.6. The molecule has 0 aliphatic carbocycles. The standard InChI is InChI=1S/C16H28F3N3O2.2ClH/c1-2-21(11-16(17,18)19)9-12-3-6-22(10-12)15(23)14(20)13-4-7-24-8-5-13;;/h12-14H,2-11,20H2,1H3;2*1H. The van der Waals surface area contributed by atoms with Gasteiger partial charge in [0.2, 0.25) is 5.91 Å². The Morgan fingerprint density at radius 3 is 2.42 bits per heavy atom. The summed E-state index contributed by atoms with van der Waals surface area (Å²) >= 11 is 0. The van der Waals surface area contributed by atoms with Crippen LogP contribution in [-0.4, -0.2) is 73.9 Å². The fourth-order valence-electron chi connectivity index (χ4n) is 3.59. The number of hydrogen-bond acceptors (Lipinski definition) is 4. The second-order valence-electron chi connectivity index (χ2n) is 6.86. The lowest BCUT2D eigenvalue weighted by Gasteiger charge is -2.30. The summed E-state index contributed by atoms with van der Waals surface area (Å²) in [6.45, 7) is 3.92. The maximum Gasteiger partial charge on any atom is 0.401 e. The van der Waals surface area contributed by atoms with Crippen molar-refractivity contribution < 1.29 is 22.7 Å². The zero-order valence-electron chi connectivity index (χ0n) is 15.0. The van der Waals surface area contributed by atoms with Crippen molar-refractivity contribution in [2.75, 3.05) is 45.9 Å². The molecule has 2 atom stereocenters. The molecule has 0 aromatic heterocycles. The number of carbonyl (C=O) groups excluding carboxylic acids is 1. The third kappa shape index (κ3) is 7.76. The highest BCUT2D eigenvalue weighted by Gasteiger charge is 2.36. The van der Waals surface area contributed by atoms with E-state index in [1.165, 1.54) is 4.90 Å². The van der Waals surface area contributed by atoms with E-state index in [4.69, 9.17) is 10.5 Å². The number of hydrogen-bond donors (Lipinski definition) is 1. The molecule has 2 unspecified atom stereocenters. The minimum absolute atomic E-state index is 0. The molecule has 0 saturated carbocycles. The average Bonchev–Trinajstić information content (AvgIpc) is 3.01. The van der Waals surface area contributed by atoms with Crippen molar-refractivity contribution in [3.8, 4) is 0 Å². The van der Waals surface area contributed by atoms with Gasteiger partial charge in [-0.2, -0.15) is 13.2 Å². The maximum atomic E-state index is 12.6. The van der Waals surface area contributed by atoms with Gasteiger partial charge < -0.3 is 15.4 Å². The van der Waals surface area contributed by atoms with Gasteiger partial charge in [0.05, 0.1) is 12.6 Å². The number of ether oxygens (including phenoxy) is 1. The van der Waals surface area contributed by atoms with Crippen LogP contribution < -0.4 is 5.73 Å². The first-order valence-corrected chi connectivity index (χ1v) is 8.71. The van der Waals surface area contributed by atoms with Crippen LogP contribution in [0.4, 0.5) is 13.2 Å². The first-order valence-electron chi connectivity index (χ1n) is 8.71. The van der Waals surface area contributed by atoms with E-state index in [-0.39, 0.29) is 42.6 Å². The van der Waals surface area contributed by atoms with Crippen LogP contribution in [0.1, 0.15) is 26.2 Å². The number of nitrogens with two attached hydrogens (primary N) is 1. The van der Waals surface area contributed by atoms with Crippen LogP contribution in [0.5, 0.6) is 0 Å². The Kier molecular flexibility index (Phi) is 11.4. The molecule has 2 aliphatic heterocycles. The Balaban J connectivity index is 0.00000312. The van der Waals surface area contributed by atoms with Gasteiger partial charge in [-0.3, -0.25) is 9.69 Å². The lowest BCUT2D eigenvalue weighted by atomic mass is 9.91. The Bertz CT molecular complexity index is 424. The fraction of sp³-hybridized carbons (Fsp3) is 0.938. The van der Waals surface area contributed by atoms with Gasteiger partial charge in [0.1, 0.15) is 0 Å². The van der Waals surface area contributed by atoms with Gasteiger partial charge in [0.25, 0.3) is 0 Å². The first kappa shape index (κ1) is 25.7. The number of carbonyl (C=O) groups is 1. The van der Waals surface area contributed by atoms with E-state index in [0.717, 1.165) is 19.3 Å². The smallest absolute Gasteiger partial charge is 0.381 e. The van der Waals surface area contributed by atoms with E-state index in [1.807, 2.05) is 0 Å². The molecule has 0 radical (unpaired) electrons. The number of likely N-dealkylation sites (tertiary alicyclic amines) is 1. The monoisotopic (exact) mass is 423 g/mol. The Labute approximate surface area is 165 Å².